The van der Waals surface area contributed by atoms with Crippen molar-refractivity contribution in [2.75, 3.05) is 53.9 Å². The van der Waals surface area contributed by atoms with Gasteiger partial charge in [0.15, 0.2) is 5.78 Å². The first kappa shape index (κ1) is 13.0. The SMILES string of the molecule is CN1CCC(CN2CCC(N(C)C)C2)C(=O)C1. The Labute approximate surface area is 105 Å². The molecular weight excluding hydrogens is 214 g/mol. The highest BCUT2D eigenvalue weighted by molar-refractivity contribution is 5.83. The van der Waals surface area contributed by atoms with E-state index in [1.807, 2.05) is 7.05 Å². The van der Waals surface area contributed by atoms with Crippen LogP contribution in [-0.2, 0) is 4.79 Å². The molecule has 2 fully saturated rings. The summed E-state index contributed by atoms with van der Waals surface area (Å²) in [6, 6.07) is 0.677. The molecule has 0 saturated carbocycles. The molecule has 4 nitrogen and oxygen atoms in total. The molecule has 2 unspecified atom stereocenters. The van der Waals surface area contributed by atoms with E-state index in [9.17, 15) is 4.79 Å². The quantitative estimate of drug-likeness (QED) is 0.700. The number of Topliss-reactive ketones (excluding diaryl/α,β-unsaturated/α-hetero) is 1. The van der Waals surface area contributed by atoms with E-state index in [-0.39, 0.29) is 5.92 Å². The van der Waals surface area contributed by atoms with Gasteiger partial charge in [0.1, 0.15) is 0 Å². The minimum absolute atomic E-state index is 0.284. The average molecular weight is 239 g/mol. The van der Waals surface area contributed by atoms with Crippen LogP contribution in [0.3, 0.4) is 0 Å². The molecule has 0 aliphatic carbocycles. The van der Waals surface area contributed by atoms with Crippen molar-refractivity contribution in [3.8, 4) is 0 Å². The highest BCUT2D eigenvalue weighted by Crippen LogP contribution is 2.19. The van der Waals surface area contributed by atoms with Crippen LogP contribution in [0, 0.1) is 5.92 Å². The lowest BCUT2D eigenvalue weighted by molar-refractivity contribution is -0.126. The molecule has 0 aromatic carbocycles. The Kier molecular flexibility index (Phi) is 4.17. The van der Waals surface area contributed by atoms with Crippen LogP contribution in [0.5, 0.6) is 0 Å². The van der Waals surface area contributed by atoms with Crippen molar-refractivity contribution in [3.63, 3.8) is 0 Å². The first-order valence-corrected chi connectivity index (χ1v) is 6.66. The van der Waals surface area contributed by atoms with Crippen molar-refractivity contribution in [2.45, 2.75) is 18.9 Å². The number of carbonyl (C=O) groups excluding carboxylic acids is 1. The molecule has 0 N–H and O–H groups in total. The molecule has 0 spiro atoms. The number of rotatable bonds is 3. The zero-order valence-electron chi connectivity index (χ0n) is 11.4. The predicted octanol–water partition coefficient (Wildman–Crippen LogP) is 0.143. The zero-order valence-corrected chi connectivity index (χ0v) is 11.4. The van der Waals surface area contributed by atoms with Crippen molar-refractivity contribution in [2.24, 2.45) is 5.92 Å². The van der Waals surface area contributed by atoms with Gasteiger partial charge in [0.05, 0.1) is 6.54 Å². The van der Waals surface area contributed by atoms with Gasteiger partial charge in [-0.3, -0.25) is 9.69 Å². The van der Waals surface area contributed by atoms with Crippen LogP contribution in [0.25, 0.3) is 0 Å². The molecule has 0 aromatic rings. The van der Waals surface area contributed by atoms with Gasteiger partial charge in [0.2, 0.25) is 0 Å². The zero-order chi connectivity index (χ0) is 12.4. The van der Waals surface area contributed by atoms with E-state index < -0.39 is 0 Å². The van der Waals surface area contributed by atoms with Crippen LogP contribution < -0.4 is 0 Å². The summed E-state index contributed by atoms with van der Waals surface area (Å²) < 4.78 is 0. The predicted molar refractivity (Wildman–Crippen MR) is 69.1 cm³/mol. The molecule has 4 heteroatoms. The Bertz CT molecular complexity index is 280. The maximum absolute atomic E-state index is 11.9. The van der Waals surface area contributed by atoms with E-state index in [0.29, 0.717) is 18.4 Å². The maximum Gasteiger partial charge on any atom is 0.151 e. The van der Waals surface area contributed by atoms with Crippen LogP contribution >= 0.6 is 0 Å². The Morgan fingerprint density at radius 1 is 1.29 bits per heavy atom. The van der Waals surface area contributed by atoms with Gasteiger partial charge in [-0.2, -0.15) is 0 Å². The molecule has 17 heavy (non-hydrogen) atoms. The van der Waals surface area contributed by atoms with E-state index in [2.05, 4.69) is 28.8 Å². The van der Waals surface area contributed by atoms with E-state index in [1.54, 1.807) is 0 Å². The normalized spacial score (nSPS) is 32.6. The third-order valence-corrected chi connectivity index (χ3v) is 4.20. The Hall–Kier alpha value is -0.450. The van der Waals surface area contributed by atoms with Crippen molar-refractivity contribution >= 4 is 5.78 Å². The number of ketones is 1. The van der Waals surface area contributed by atoms with Crippen LogP contribution in [0.4, 0.5) is 0 Å². The second-order valence-corrected chi connectivity index (χ2v) is 5.86. The highest BCUT2D eigenvalue weighted by Gasteiger charge is 2.30. The molecule has 0 aromatic heterocycles. The second-order valence-electron chi connectivity index (χ2n) is 5.86. The summed E-state index contributed by atoms with van der Waals surface area (Å²) >= 11 is 0. The van der Waals surface area contributed by atoms with Crippen molar-refractivity contribution in [3.05, 3.63) is 0 Å². The number of piperidine rings is 1. The van der Waals surface area contributed by atoms with Crippen LogP contribution in [0.1, 0.15) is 12.8 Å². The first-order valence-electron chi connectivity index (χ1n) is 6.66. The lowest BCUT2D eigenvalue weighted by atomic mass is 9.95. The van der Waals surface area contributed by atoms with Crippen LogP contribution in [0.2, 0.25) is 0 Å². The second kappa shape index (κ2) is 5.46. The van der Waals surface area contributed by atoms with E-state index in [4.69, 9.17) is 0 Å². The molecule has 2 atom stereocenters. The fourth-order valence-electron chi connectivity index (χ4n) is 2.92. The summed E-state index contributed by atoms with van der Waals surface area (Å²) in [5, 5.41) is 0. The lowest BCUT2D eigenvalue weighted by Crippen LogP contribution is -2.43. The molecule has 0 amide bonds. The minimum atomic E-state index is 0.284. The molecule has 0 radical (unpaired) electrons. The smallest absolute Gasteiger partial charge is 0.151 e. The largest absolute Gasteiger partial charge is 0.305 e. The number of carbonyl (C=O) groups is 1. The molecule has 0 bridgehead atoms. The lowest BCUT2D eigenvalue weighted by Gasteiger charge is -2.30. The van der Waals surface area contributed by atoms with Gasteiger partial charge < -0.3 is 9.80 Å². The van der Waals surface area contributed by atoms with Gasteiger partial charge in [-0.25, -0.2) is 0 Å². The van der Waals surface area contributed by atoms with Crippen molar-refractivity contribution in [1.29, 1.82) is 0 Å². The molecule has 2 aliphatic rings. The van der Waals surface area contributed by atoms with E-state index in [1.165, 1.54) is 6.42 Å². The highest BCUT2D eigenvalue weighted by atomic mass is 16.1. The standard InChI is InChI=1S/C13H25N3O/c1-14(2)12-5-7-16(9-12)8-11-4-6-15(3)10-13(11)17/h11-12H,4-10H2,1-3H3. The molecular formula is C13H25N3O. The van der Waals surface area contributed by atoms with Crippen molar-refractivity contribution < 1.29 is 4.79 Å². The molecule has 98 valence electrons. The minimum Gasteiger partial charge on any atom is -0.305 e. The van der Waals surface area contributed by atoms with Crippen LogP contribution in [0.15, 0.2) is 0 Å². The number of hydrogen-bond donors (Lipinski definition) is 0. The number of nitrogens with zero attached hydrogens (tertiary/aromatic N) is 3. The van der Waals surface area contributed by atoms with Crippen LogP contribution in [-0.4, -0.2) is 80.4 Å². The third-order valence-electron chi connectivity index (χ3n) is 4.20. The van der Waals surface area contributed by atoms with Gasteiger partial charge in [0, 0.05) is 25.0 Å². The molecule has 2 rings (SSSR count). The van der Waals surface area contributed by atoms with Gasteiger partial charge in [-0.15, -0.1) is 0 Å². The van der Waals surface area contributed by atoms with Gasteiger partial charge in [0.25, 0.3) is 0 Å². The molecule has 2 saturated heterocycles. The topological polar surface area (TPSA) is 26.8 Å². The van der Waals surface area contributed by atoms with E-state index in [0.717, 1.165) is 32.6 Å². The monoisotopic (exact) mass is 239 g/mol. The fourth-order valence-corrected chi connectivity index (χ4v) is 2.92. The van der Waals surface area contributed by atoms with Gasteiger partial charge >= 0.3 is 0 Å². The van der Waals surface area contributed by atoms with Gasteiger partial charge in [-0.1, -0.05) is 0 Å². The summed E-state index contributed by atoms with van der Waals surface area (Å²) in [5.41, 5.74) is 0. The first-order chi connectivity index (χ1) is 8.06. The third kappa shape index (κ3) is 3.27. The number of hydrogen-bond acceptors (Lipinski definition) is 4. The number of likely N-dealkylation sites (tertiary alicyclic amines) is 2. The summed E-state index contributed by atoms with van der Waals surface area (Å²) in [6.45, 7) is 4.99. The van der Waals surface area contributed by atoms with E-state index >= 15 is 0 Å². The Balaban J connectivity index is 1.80. The molecule has 2 heterocycles. The summed E-state index contributed by atoms with van der Waals surface area (Å²) in [4.78, 5) is 18.8. The summed E-state index contributed by atoms with van der Waals surface area (Å²) in [6.07, 6.45) is 2.28. The van der Waals surface area contributed by atoms with Gasteiger partial charge in [-0.05, 0) is 47.1 Å². The Morgan fingerprint density at radius 3 is 2.65 bits per heavy atom. The average Bonchev–Trinajstić information content (AvgIpc) is 2.71. The molecule has 2 aliphatic heterocycles. The van der Waals surface area contributed by atoms with Crippen molar-refractivity contribution in [1.82, 2.24) is 14.7 Å². The maximum atomic E-state index is 11.9. The summed E-state index contributed by atoms with van der Waals surface area (Å²) in [7, 11) is 6.33. The summed E-state index contributed by atoms with van der Waals surface area (Å²) in [5.74, 6) is 0.721. The number of likely N-dealkylation sites (N-methyl/N-ethyl adjacent to an activating group) is 2. The Morgan fingerprint density at radius 2 is 2.06 bits per heavy atom. The fraction of sp³-hybridized carbons (Fsp3) is 0.923.